The van der Waals surface area contributed by atoms with Crippen molar-refractivity contribution in [1.29, 1.82) is 0 Å². The summed E-state index contributed by atoms with van der Waals surface area (Å²) in [7, 11) is 0. The van der Waals surface area contributed by atoms with Gasteiger partial charge in [0.2, 0.25) is 0 Å². The number of halogens is 1. The summed E-state index contributed by atoms with van der Waals surface area (Å²) in [6.45, 7) is 2.29. The first-order chi connectivity index (χ1) is 8.41. The summed E-state index contributed by atoms with van der Waals surface area (Å²) >= 11 is 1.50. The Balaban J connectivity index is 0. The Morgan fingerprint density at radius 3 is 1.06 bits per heavy atom. The molecular weight excluding hydrogens is 337 g/mol. The minimum atomic E-state index is 0. The Morgan fingerprint density at radius 1 is 0.500 bits per heavy atom. The quantitative estimate of drug-likeness (QED) is 0.227. The molecule has 107 valence electrons. The second kappa shape index (κ2) is 20.4. The Hall–Kier alpha value is 1.10. The molecule has 0 N–H and O–H groups in total. The molecule has 0 aromatic heterocycles. The van der Waals surface area contributed by atoms with Crippen molar-refractivity contribution >= 4 is 17.0 Å². The van der Waals surface area contributed by atoms with Crippen LogP contribution in [0.3, 0.4) is 0 Å². The van der Waals surface area contributed by atoms with Gasteiger partial charge in [-0.05, 0) is 0 Å². The predicted molar refractivity (Wildman–Crippen MR) is 85.4 cm³/mol. The molecule has 0 aromatic carbocycles. The van der Waals surface area contributed by atoms with Crippen molar-refractivity contribution in [2.75, 3.05) is 0 Å². The summed E-state index contributed by atoms with van der Waals surface area (Å²) in [6, 6.07) is 0. The molecule has 0 spiro atoms. The zero-order chi connectivity index (χ0) is 12.6. The molecule has 0 unspecified atom stereocenters. The van der Waals surface area contributed by atoms with Gasteiger partial charge in [0.05, 0.1) is 0 Å². The van der Waals surface area contributed by atoms with Crippen molar-refractivity contribution in [3.8, 4) is 0 Å². The Labute approximate surface area is 137 Å². The molecule has 0 radical (unpaired) electrons. The molecule has 0 aliphatic carbocycles. The normalized spacial score (nSPS) is 10.4. The number of rotatable bonds is 14. The monoisotopic (exact) mass is 369 g/mol. The Morgan fingerprint density at radius 2 is 0.778 bits per heavy atom. The fourth-order valence-electron chi connectivity index (χ4n) is 2.37. The van der Waals surface area contributed by atoms with Crippen LogP contribution >= 0.6 is 17.0 Å². The van der Waals surface area contributed by atoms with Crippen molar-refractivity contribution in [2.45, 2.75) is 102 Å². The topological polar surface area (TPSA) is 0 Å². The van der Waals surface area contributed by atoms with E-state index in [1.54, 1.807) is 0 Å². The summed E-state index contributed by atoms with van der Waals surface area (Å²) in [5.74, 6) is 0. The van der Waals surface area contributed by atoms with Gasteiger partial charge >= 0.3 is 93.9 Å². The number of hydrogen-bond donors (Lipinski definition) is 0. The van der Waals surface area contributed by atoms with Gasteiger partial charge in [-0.2, -0.15) is 0 Å². The second-order valence-corrected chi connectivity index (χ2v) is 6.93. The van der Waals surface area contributed by atoms with E-state index in [-0.39, 0.29) is 17.0 Å². The van der Waals surface area contributed by atoms with E-state index < -0.39 is 0 Å². The van der Waals surface area contributed by atoms with Crippen molar-refractivity contribution in [2.24, 2.45) is 0 Å². The molecule has 0 aromatic rings. The molecule has 0 aliphatic heterocycles. The third kappa shape index (κ3) is 19.4. The average Bonchev–Trinajstić information content (AvgIpc) is 2.35. The van der Waals surface area contributed by atoms with E-state index >= 15 is 0 Å². The van der Waals surface area contributed by atoms with Crippen LogP contribution in [0.2, 0.25) is 5.02 Å². The average molecular weight is 372 g/mol. The Bertz CT molecular complexity index is 114. The summed E-state index contributed by atoms with van der Waals surface area (Å²) < 4.78 is 0. The molecule has 2 heteroatoms. The zero-order valence-electron chi connectivity index (χ0n) is 12.7. The molecule has 0 nitrogen and oxygen atoms in total. The van der Waals surface area contributed by atoms with E-state index in [9.17, 15) is 0 Å². The first-order valence-electron chi connectivity index (χ1n) is 8.21. The number of hydrogen-bond acceptors (Lipinski definition) is 0. The van der Waals surface area contributed by atoms with Gasteiger partial charge in [0.15, 0.2) is 0 Å². The van der Waals surface area contributed by atoms with Crippen molar-refractivity contribution in [3.05, 3.63) is 0 Å². The maximum absolute atomic E-state index is 2.29. The van der Waals surface area contributed by atoms with Crippen LogP contribution in [-0.4, -0.2) is 0 Å². The predicted octanol–water partition coefficient (Wildman–Crippen LogP) is 7.01. The molecule has 0 saturated carbocycles. The van der Waals surface area contributed by atoms with Crippen LogP contribution in [-0.2, 0) is 18.3 Å². The molecule has 0 rings (SSSR count). The second-order valence-electron chi connectivity index (χ2n) is 5.45. The van der Waals surface area contributed by atoms with Crippen LogP contribution < -0.4 is 0 Å². The van der Waals surface area contributed by atoms with Crippen molar-refractivity contribution in [3.63, 3.8) is 0 Å². The van der Waals surface area contributed by atoms with Gasteiger partial charge < -0.3 is 0 Å². The fourth-order valence-corrected chi connectivity index (χ4v) is 3.11. The van der Waals surface area contributed by atoms with Gasteiger partial charge in [0, 0.05) is 0 Å². The molecule has 18 heavy (non-hydrogen) atoms. The fraction of sp³-hybridized carbons (Fsp3) is 1.00. The van der Waals surface area contributed by atoms with Crippen molar-refractivity contribution in [1.82, 2.24) is 0 Å². The molecule has 0 atom stereocenters. The van der Waals surface area contributed by atoms with Crippen molar-refractivity contribution < 1.29 is 18.3 Å². The van der Waals surface area contributed by atoms with Crippen LogP contribution in [0.4, 0.5) is 0 Å². The summed E-state index contributed by atoms with van der Waals surface area (Å²) in [5.41, 5.74) is 0. The molecular formula is C16H34BrZn. The van der Waals surface area contributed by atoms with Crippen LogP contribution in [0, 0.1) is 0 Å². The standard InChI is InChI=1S/C16H33.BrH.Zn/c1-3-5-7-9-11-13-15-16-14-12-10-8-6-4-2;;/h1,3-16H2,2H3;1H;. The molecule has 0 bridgehead atoms. The third-order valence-corrected chi connectivity index (χ3v) is 4.65. The summed E-state index contributed by atoms with van der Waals surface area (Å²) in [4.78, 5) is 0. The molecule has 0 heterocycles. The van der Waals surface area contributed by atoms with E-state index in [2.05, 4.69) is 6.92 Å². The molecule has 0 fully saturated rings. The van der Waals surface area contributed by atoms with E-state index in [0.717, 1.165) is 0 Å². The van der Waals surface area contributed by atoms with E-state index in [4.69, 9.17) is 0 Å². The summed E-state index contributed by atoms with van der Waals surface area (Å²) in [6.07, 6.45) is 20.7. The van der Waals surface area contributed by atoms with Gasteiger partial charge in [-0.15, -0.1) is 17.0 Å². The van der Waals surface area contributed by atoms with Crippen LogP contribution in [0.25, 0.3) is 0 Å². The number of unbranched alkanes of at least 4 members (excludes halogenated alkanes) is 13. The molecule has 0 aliphatic rings. The summed E-state index contributed by atoms with van der Waals surface area (Å²) in [5, 5.41) is 1.50. The van der Waals surface area contributed by atoms with Crippen LogP contribution in [0.1, 0.15) is 96.8 Å². The maximum atomic E-state index is 2.29. The first kappa shape index (κ1) is 21.4. The Kier molecular flexibility index (Phi) is 24.3. The van der Waals surface area contributed by atoms with Gasteiger partial charge in [-0.25, -0.2) is 0 Å². The SMILES string of the molecule is Br.CCCCCCCCCCCCCCC[CH2][Zn]. The van der Waals surface area contributed by atoms with Gasteiger partial charge in [-0.1, -0.05) is 26.2 Å². The van der Waals surface area contributed by atoms with Crippen LogP contribution in [0.5, 0.6) is 0 Å². The van der Waals surface area contributed by atoms with Crippen LogP contribution in [0.15, 0.2) is 0 Å². The van der Waals surface area contributed by atoms with E-state index in [1.165, 1.54) is 113 Å². The molecule has 0 amide bonds. The van der Waals surface area contributed by atoms with Gasteiger partial charge in [0.1, 0.15) is 0 Å². The van der Waals surface area contributed by atoms with Gasteiger partial charge in [-0.3, -0.25) is 0 Å². The van der Waals surface area contributed by atoms with E-state index in [1.807, 2.05) is 0 Å². The molecule has 0 saturated heterocycles. The minimum absolute atomic E-state index is 0. The first-order valence-corrected chi connectivity index (χ1v) is 10.3. The third-order valence-electron chi connectivity index (χ3n) is 3.60. The van der Waals surface area contributed by atoms with E-state index in [0.29, 0.717) is 0 Å². The zero-order valence-corrected chi connectivity index (χ0v) is 17.4. The van der Waals surface area contributed by atoms with Gasteiger partial charge in [0.25, 0.3) is 0 Å².